The van der Waals surface area contributed by atoms with Crippen LogP contribution in [0, 0.1) is 10.8 Å². The van der Waals surface area contributed by atoms with Gasteiger partial charge in [0.05, 0.1) is 11.6 Å². The molecule has 5 rings (SSSR count). The van der Waals surface area contributed by atoms with E-state index in [1.165, 1.54) is 6.92 Å². The summed E-state index contributed by atoms with van der Waals surface area (Å²) >= 11 is 0. The van der Waals surface area contributed by atoms with Crippen molar-refractivity contribution < 1.29 is 19.2 Å². The Morgan fingerprint density at radius 1 is 1.10 bits per heavy atom. The molecule has 0 spiro atoms. The fourth-order valence-electron chi connectivity index (χ4n) is 7.20. The minimum atomic E-state index is -0.448. The molecule has 8 nitrogen and oxygen atoms in total. The lowest BCUT2D eigenvalue weighted by molar-refractivity contribution is -0.139. The number of rotatable bonds is 4. The number of Topliss-reactive ketones (excluding diaryl/α,β-unsaturated/α-hetero) is 3. The molecule has 1 saturated heterocycles. The summed E-state index contributed by atoms with van der Waals surface area (Å²) in [5.41, 5.74) is 2.93. The van der Waals surface area contributed by atoms with E-state index in [0.717, 1.165) is 60.7 Å². The number of carbonyl (C=O) groups is 4. The minimum absolute atomic E-state index is 0.00791. The summed E-state index contributed by atoms with van der Waals surface area (Å²) in [5, 5.41) is 8.63. The maximum atomic E-state index is 13.9. The molecule has 2 aliphatic heterocycles. The smallest absolute Gasteiger partial charge is 0.245 e. The molecular formula is C31H42N4O4. The zero-order valence-corrected chi connectivity index (χ0v) is 24.1. The van der Waals surface area contributed by atoms with Gasteiger partial charge in [0.15, 0.2) is 11.6 Å². The Labute approximate surface area is 230 Å². The van der Waals surface area contributed by atoms with Gasteiger partial charge in [-0.15, -0.1) is 0 Å². The van der Waals surface area contributed by atoms with Crippen molar-refractivity contribution in [3.63, 3.8) is 0 Å². The molecule has 1 amide bonds. The van der Waals surface area contributed by atoms with Gasteiger partial charge >= 0.3 is 0 Å². The zero-order chi connectivity index (χ0) is 28.1. The van der Waals surface area contributed by atoms with Crippen molar-refractivity contribution in [2.75, 3.05) is 12.4 Å². The number of benzene rings is 1. The fraction of sp³-hybridized carbons (Fsp3) is 0.645. The van der Waals surface area contributed by atoms with Crippen LogP contribution in [0.1, 0.15) is 102 Å². The van der Waals surface area contributed by atoms with Crippen molar-refractivity contribution in [2.45, 2.75) is 111 Å². The molecule has 8 heteroatoms. The molecule has 3 atom stereocenters. The molecule has 1 aromatic carbocycles. The highest BCUT2D eigenvalue weighted by molar-refractivity contribution is 6.06. The van der Waals surface area contributed by atoms with Gasteiger partial charge in [-0.3, -0.25) is 23.9 Å². The van der Waals surface area contributed by atoms with Gasteiger partial charge in [-0.1, -0.05) is 27.2 Å². The second kappa shape index (κ2) is 10.2. The van der Waals surface area contributed by atoms with Crippen molar-refractivity contribution in [1.29, 1.82) is 0 Å². The summed E-state index contributed by atoms with van der Waals surface area (Å²) in [4.78, 5) is 54.4. The number of nitrogens with zero attached hydrogens (tertiary/aromatic N) is 3. The predicted octanol–water partition coefficient (Wildman–Crippen LogP) is 5.11. The number of hydrogen-bond acceptors (Lipinski definition) is 6. The van der Waals surface area contributed by atoms with E-state index in [2.05, 4.69) is 30.3 Å². The molecule has 2 bridgehead atoms. The number of anilines is 1. The summed E-state index contributed by atoms with van der Waals surface area (Å²) < 4.78 is 1.70. The van der Waals surface area contributed by atoms with Gasteiger partial charge in [-0.2, -0.15) is 5.10 Å². The summed E-state index contributed by atoms with van der Waals surface area (Å²) in [6.07, 6.45) is 7.31. The highest BCUT2D eigenvalue weighted by atomic mass is 16.2. The molecule has 1 N–H and O–H groups in total. The fourth-order valence-corrected chi connectivity index (χ4v) is 7.20. The minimum Gasteiger partial charge on any atom is -0.388 e. The molecule has 1 aromatic heterocycles. The van der Waals surface area contributed by atoms with Crippen LogP contribution in [-0.4, -0.2) is 57.1 Å². The van der Waals surface area contributed by atoms with Crippen LogP contribution in [0.3, 0.4) is 0 Å². The monoisotopic (exact) mass is 534 g/mol. The average Bonchev–Trinajstić information content (AvgIpc) is 3.30. The van der Waals surface area contributed by atoms with E-state index in [1.807, 2.05) is 20.0 Å². The third kappa shape index (κ3) is 5.14. The van der Waals surface area contributed by atoms with Crippen LogP contribution in [-0.2, 0) is 27.3 Å². The van der Waals surface area contributed by atoms with Gasteiger partial charge in [0.1, 0.15) is 18.0 Å². The van der Waals surface area contributed by atoms with Crippen LogP contribution in [0.2, 0.25) is 0 Å². The maximum absolute atomic E-state index is 13.9. The van der Waals surface area contributed by atoms with E-state index in [1.54, 1.807) is 9.58 Å². The Morgan fingerprint density at radius 2 is 1.87 bits per heavy atom. The normalized spacial score (nSPS) is 27.3. The van der Waals surface area contributed by atoms with E-state index in [9.17, 15) is 19.2 Å². The van der Waals surface area contributed by atoms with Crippen molar-refractivity contribution in [2.24, 2.45) is 10.8 Å². The summed E-state index contributed by atoms with van der Waals surface area (Å²) in [6.45, 7) is 7.70. The molecule has 1 saturated carbocycles. The number of carbonyl (C=O) groups excluding carboxylic acids is 4. The Kier molecular flexibility index (Phi) is 7.18. The van der Waals surface area contributed by atoms with Gasteiger partial charge in [0.2, 0.25) is 5.91 Å². The Bertz CT molecular complexity index is 1340. The summed E-state index contributed by atoms with van der Waals surface area (Å²) in [5.74, 6) is 0.0881. The van der Waals surface area contributed by atoms with Crippen molar-refractivity contribution in [3.05, 3.63) is 23.4 Å². The van der Waals surface area contributed by atoms with Gasteiger partial charge in [-0.25, -0.2) is 0 Å². The molecule has 0 unspecified atom stereocenters. The first-order valence-corrected chi connectivity index (χ1v) is 14.6. The van der Waals surface area contributed by atoms with Crippen molar-refractivity contribution in [1.82, 2.24) is 14.7 Å². The molecule has 2 fully saturated rings. The van der Waals surface area contributed by atoms with Crippen LogP contribution >= 0.6 is 0 Å². The molecule has 210 valence electrons. The summed E-state index contributed by atoms with van der Waals surface area (Å²) in [7, 11) is 1.85. The zero-order valence-electron chi connectivity index (χ0n) is 24.1. The third-order valence-corrected chi connectivity index (χ3v) is 9.38. The van der Waals surface area contributed by atoms with Gasteiger partial charge in [0, 0.05) is 50.3 Å². The lowest BCUT2D eigenvalue weighted by Gasteiger charge is -2.26. The number of nitrogens with one attached hydrogen (secondary N) is 1. The van der Waals surface area contributed by atoms with Crippen LogP contribution in [0.15, 0.2) is 12.1 Å². The van der Waals surface area contributed by atoms with Gasteiger partial charge in [0.25, 0.3) is 0 Å². The first-order valence-electron chi connectivity index (χ1n) is 14.6. The Morgan fingerprint density at radius 3 is 2.56 bits per heavy atom. The standard InChI is InChI=1S/C31H42N4O4/c1-6-25(38)24-16-31-12-10-22(37)15-30(3,4)11-8-7-9-20-13-21(32-5)14-23-28(19(2)36)33-34(29(20)23)18-27(39)35(24)26(31)17-31/h13-14,24,26,32H,6-12,15-18H2,1-5H3/t24-,26+,31-/m0/s1. The molecule has 3 heterocycles. The molecular weight excluding hydrogens is 492 g/mol. The van der Waals surface area contributed by atoms with E-state index in [-0.39, 0.29) is 46.7 Å². The topological polar surface area (TPSA) is 101 Å². The maximum Gasteiger partial charge on any atom is 0.245 e. The highest BCUT2D eigenvalue weighted by Gasteiger charge is 2.66. The van der Waals surface area contributed by atoms with Crippen LogP contribution in [0.4, 0.5) is 5.69 Å². The largest absolute Gasteiger partial charge is 0.388 e. The van der Waals surface area contributed by atoms with Crippen molar-refractivity contribution in [3.8, 4) is 0 Å². The second-order valence-corrected chi connectivity index (χ2v) is 12.9. The van der Waals surface area contributed by atoms with E-state index >= 15 is 0 Å². The number of aromatic nitrogens is 2. The van der Waals surface area contributed by atoms with E-state index in [4.69, 9.17) is 0 Å². The number of amides is 1. The third-order valence-electron chi connectivity index (χ3n) is 9.38. The molecule has 2 aromatic rings. The second-order valence-electron chi connectivity index (χ2n) is 12.9. The number of hydrogen-bond donors (Lipinski definition) is 1. The summed E-state index contributed by atoms with van der Waals surface area (Å²) in [6, 6.07) is 3.57. The van der Waals surface area contributed by atoms with E-state index in [0.29, 0.717) is 31.4 Å². The molecule has 3 aliphatic rings. The highest BCUT2D eigenvalue weighted by Crippen LogP contribution is 2.62. The van der Waals surface area contributed by atoms with Crippen LogP contribution in [0.5, 0.6) is 0 Å². The number of ketones is 3. The lowest BCUT2D eigenvalue weighted by Crippen LogP contribution is -2.44. The Balaban J connectivity index is 1.58. The lowest BCUT2D eigenvalue weighted by atomic mass is 9.80. The van der Waals surface area contributed by atoms with Crippen molar-refractivity contribution >= 4 is 39.8 Å². The van der Waals surface area contributed by atoms with Crippen LogP contribution in [0.25, 0.3) is 10.9 Å². The SMILES string of the molecule is CCC(=O)[C@@H]1C[C@]23CCC(=O)CC(C)(C)CCCCc4cc(NC)cc5c(C(C)=O)nn(c45)CC(=O)N1[C@@H]2C3. The van der Waals surface area contributed by atoms with E-state index < -0.39 is 6.04 Å². The quantitative estimate of drug-likeness (QED) is 0.547. The molecule has 1 aliphatic carbocycles. The van der Waals surface area contributed by atoms with Gasteiger partial charge in [-0.05, 0) is 67.1 Å². The van der Waals surface area contributed by atoms with Crippen LogP contribution < -0.4 is 5.32 Å². The number of piperidine rings is 1. The average molecular weight is 535 g/mol. The molecule has 0 radical (unpaired) electrons. The van der Waals surface area contributed by atoms with Gasteiger partial charge < -0.3 is 10.2 Å². The first kappa shape index (κ1) is 27.5. The predicted molar refractivity (Wildman–Crippen MR) is 151 cm³/mol. The first-order chi connectivity index (χ1) is 18.5. The number of aryl methyl sites for hydroxylation is 1. The molecule has 39 heavy (non-hydrogen) atoms. The Hall–Kier alpha value is -3.03.